The third-order valence-corrected chi connectivity index (χ3v) is 3.28. The Morgan fingerprint density at radius 3 is 3.12 bits per heavy atom. The molecule has 0 aliphatic carbocycles. The lowest BCUT2D eigenvalue weighted by atomic mass is 10.1. The van der Waals surface area contributed by atoms with Crippen LogP contribution in [0.15, 0.2) is 11.7 Å². The van der Waals surface area contributed by atoms with Crippen LogP contribution in [0.4, 0.5) is 5.82 Å². The topological polar surface area (TPSA) is 73.9 Å². The molecule has 0 radical (unpaired) electrons. The van der Waals surface area contributed by atoms with Gasteiger partial charge in [0.15, 0.2) is 5.82 Å². The van der Waals surface area contributed by atoms with E-state index in [-0.39, 0.29) is 0 Å². The third kappa shape index (κ3) is 1.56. The maximum atomic E-state index is 5.90. The predicted octanol–water partition coefficient (Wildman–Crippen LogP) is 1.25. The second-order valence-corrected chi connectivity index (χ2v) is 4.41. The predicted molar refractivity (Wildman–Crippen MR) is 60.9 cm³/mol. The number of nitrogens with two attached hydrogens (primary N) is 1. The van der Waals surface area contributed by atoms with E-state index in [1.807, 2.05) is 0 Å². The zero-order valence-electron chi connectivity index (χ0n) is 8.51. The Morgan fingerprint density at radius 2 is 2.31 bits per heavy atom. The number of ether oxygens (including phenoxy) is 1. The molecule has 1 aliphatic heterocycles. The molecule has 2 N–H and O–H groups in total. The molecule has 3 rings (SSSR count). The number of anilines is 1. The van der Waals surface area contributed by atoms with Crippen molar-refractivity contribution in [2.45, 2.75) is 13.0 Å². The lowest BCUT2D eigenvalue weighted by Gasteiger charge is -2.17. The smallest absolute Gasteiger partial charge is 0.173 e. The van der Waals surface area contributed by atoms with Crippen LogP contribution in [-0.2, 0) is 17.8 Å². The van der Waals surface area contributed by atoms with Crippen molar-refractivity contribution in [2.24, 2.45) is 0 Å². The molecule has 2 aromatic rings. The summed E-state index contributed by atoms with van der Waals surface area (Å²) >= 11 is 1.51. The Bertz CT molecular complexity index is 512. The van der Waals surface area contributed by atoms with Crippen LogP contribution in [0.25, 0.3) is 10.7 Å². The van der Waals surface area contributed by atoms with Crippen molar-refractivity contribution in [2.75, 3.05) is 12.3 Å². The fraction of sp³-hybridized carbons (Fsp3) is 0.300. The van der Waals surface area contributed by atoms with Crippen LogP contribution in [0.5, 0.6) is 0 Å². The van der Waals surface area contributed by atoms with Crippen LogP contribution in [0.2, 0.25) is 0 Å². The molecular weight excluding hydrogens is 224 g/mol. The first-order valence-electron chi connectivity index (χ1n) is 4.96. The Labute approximate surface area is 96.3 Å². The van der Waals surface area contributed by atoms with Gasteiger partial charge in [-0.3, -0.25) is 4.98 Å². The van der Waals surface area contributed by atoms with Gasteiger partial charge in [0.25, 0.3) is 0 Å². The highest BCUT2D eigenvalue weighted by molar-refractivity contribution is 7.13. The van der Waals surface area contributed by atoms with Crippen molar-refractivity contribution in [3.05, 3.63) is 23.0 Å². The van der Waals surface area contributed by atoms with E-state index < -0.39 is 0 Å². The summed E-state index contributed by atoms with van der Waals surface area (Å²) in [5.74, 6) is 1.19. The van der Waals surface area contributed by atoms with Crippen molar-refractivity contribution in [3.8, 4) is 10.7 Å². The zero-order chi connectivity index (χ0) is 11.0. The molecule has 82 valence electrons. The summed E-state index contributed by atoms with van der Waals surface area (Å²) in [6.45, 7) is 1.22. The Balaban J connectivity index is 2.12. The van der Waals surface area contributed by atoms with E-state index in [9.17, 15) is 0 Å². The Hall–Kier alpha value is -1.53. The fourth-order valence-corrected chi connectivity index (χ4v) is 2.25. The van der Waals surface area contributed by atoms with Gasteiger partial charge in [0.1, 0.15) is 5.82 Å². The molecule has 0 fully saturated rings. The van der Waals surface area contributed by atoms with Crippen molar-refractivity contribution >= 4 is 17.2 Å². The molecule has 0 amide bonds. The monoisotopic (exact) mass is 234 g/mol. The maximum absolute atomic E-state index is 5.90. The van der Waals surface area contributed by atoms with Crippen molar-refractivity contribution < 1.29 is 4.74 Å². The van der Waals surface area contributed by atoms with Crippen molar-refractivity contribution in [1.82, 2.24) is 15.0 Å². The molecular formula is C10H10N4OS. The fourth-order valence-electron chi connectivity index (χ4n) is 1.69. The van der Waals surface area contributed by atoms with Gasteiger partial charge in [0.2, 0.25) is 0 Å². The molecule has 0 aromatic carbocycles. The summed E-state index contributed by atoms with van der Waals surface area (Å²) in [6, 6.07) is 0. The first-order chi connectivity index (χ1) is 7.84. The highest BCUT2D eigenvalue weighted by atomic mass is 32.1. The number of thiazole rings is 1. The summed E-state index contributed by atoms with van der Waals surface area (Å²) in [5, 5.41) is 0. The third-order valence-electron chi connectivity index (χ3n) is 2.51. The van der Waals surface area contributed by atoms with Crippen LogP contribution in [0.3, 0.4) is 0 Å². The number of hydrogen-bond acceptors (Lipinski definition) is 6. The van der Waals surface area contributed by atoms with E-state index in [2.05, 4.69) is 15.0 Å². The molecule has 2 aromatic heterocycles. The van der Waals surface area contributed by atoms with Crippen LogP contribution in [-0.4, -0.2) is 21.6 Å². The average Bonchev–Trinajstić information content (AvgIpc) is 2.82. The molecule has 6 heteroatoms. The molecule has 5 nitrogen and oxygen atoms in total. The van der Waals surface area contributed by atoms with Crippen molar-refractivity contribution in [3.63, 3.8) is 0 Å². The first kappa shape index (κ1) is 9.68. The van der Waals surface area contributed by atoms with Gasteiger partial charge in [-0.2, -0.15) is 0 Å². The summed E-state index contributed by atoms with van der Waals surface area (Å²) in [7, 11) is 0. The SMILES string of the molecule is Nc1nc(-c2cncs2)nc2c1COCC2. The van der Waals surface area contributed by atoms with Gasteiger partial charge >= 0.3 is 0 Å². The number of nitrogens with zero attached hydrogens (tertiary/aromatic N) is 3. The van der Waals surface area contributed by atoms with E-state index in [0.717, 1.165) is 22.6 Å². The molecule has 0 spiro atoms. The number of rotatable bonds is 1. The van der Waals surface area contributed by atoms with Gasteiger partial charge in [-0.15, -0.1) is 11.3 Å². The van der Waals surface area contributed by atoms with Gasteiger partial charge in [-0.25, -0.2) is 9.97 Å². The lowest BCUT2D eigenvalue weighted by Crippen LogP contribution is -2.15. The van der Waals surface area contributed by atoms with E-state index in [4.69, 9.17) is 10.5 Å². The van der Waals surface area contributed by atoms with Gasteiger partial charge in [-0.05, 0) is 0 Å². The van der Waals surface area contributed by atoms with E-state index in [1.54, 1.807) is 11.7 Å². The van der Waals surface area contributed by atoms with E-state index in [1.165, 1.54) is 11.3 Å². The molecule has 0 saturated carbocycles. The Morgan fingerprint density at radius 1 is 1.38 bits per heavy atom. The molecule has 0 unspecified atom stereocenters. The number of aromatic nitrogens is 3. The summed E-state index contributed by atoms with van der Waals surface area (Å²) in [5.41, 5.74) is 9.59. The molecule has 0 saturated heterocycles. The summed E-state index contributed by atoms with van der Waals surface area (Å²) < 4.78 is 5.34. The van der Waals surface area contributed by atoms with E-state index >= 15 is 0 Å². The quantitative estimate of drug-likeness (QED) is 0.804. The van der Waals surface area contributed by atoms with Gasteiger partial charge < -0.3 is 10.5 Å². The minimum absolute atomic E-state index is 0.518. The highest BCUT2D eigenvalue weighted by Gasteiger charge is 2.17. The molecule has 0 bridgehead atoms. The van der Waals surface area contributed by atoms with Crippen LogP contribution in [0.1, 0.15) is 11.3 Å². The standard InChI is InChI=1S/C10H10N4OS/c11-9-6-4-15-2-1-7(6)13-10(14-9)8-3-12-5-16-8/h3,5H,1-2,4H2,(H2,11,13,14). The number of fused-ring (bicyclic) bond motifs is 1. The number of nitrogen functional groups attached to an aromatic ring is 1. The van der Waals surface area contributed by atoms with Gasteiger partial charge in [-0.1, -0.05) is 0 Å². The zero-order valence-corrected chi connectivity index (χ0v) is 9.33. The largest absolute Gasteiger partial charge is 0.383 e. The first-order valence-corrected chi connectivity index (χ1v) is 5.84. The lowest BCUT2D eigenvalue weighted by molar-refractivity contribution is 0.109. The van der Waals surface area contributed by atoms with Gasteiger partial charge in [0.05, 0.1) is 29.3 Å². The second-order valence-electron chi connectivity index (χ2n) is 3.53. The number of hydrogen-bond donors (Lipinski definition) is 1. The normalized spacial score (nSPS) is 14.8. The average molecular weight is 234 g/mol. The summed E-state index contributed by atoms with van der Waals surface area (Å²) in [6.07, 6.45) is 2.55. The van der Waals surface area contributed by atoms with Crippen LogP contribution < -0.4 is 5.73 Å². The van der Waals surface area contributed by atoms with E-state index in [0.29, 0.717) is 24.9 Å². The molecule has 0 atom stereocenters. The Kier molecular flexibility index (Phi) is 2.30. The maximum Gasteiger partial charge on any atom is 0.173 e. The molecule has 1 aliphatic rings. The van der Waals surface area contributed by atoms with Gasteiger partial charge in [0, 0.05) is 18.2 Å². The molecule has 3 heterocycles. The minimum atomic E-state index is 0.518. The van der Waals surface area contributed by atoms with Crippen LogP contribution in [0, 0.1) is 0 Å². The summed E-state index contributed by atoms with van der Waals surface area (Å²) in [4.78, 5) is 13.8. The second kappa shape index (κ2) is 3.80. The van der Waals surface area contributed by atoms with Crippen molar-refractivity contribution in [1.29, 1.82) is 0 Å². The van der Waals surface area contributed by atoms with Crippen LogP contribution >= 0.6 is 11.3 Å². The molecule has 16 heavy (non-hydrogen) atoms. The highest BCUT2D eigenvalue weighted by Crippen LogP contribution is 2.25. The minimum Gasteiger partial charge on any atom is -0.383 e.